The van der Waals surface area contributed by atoms with E-state index in [1.165, 1.54) is 0 Å². The van der Waals surface area contributed by atoms with E-state index in [2.05, 4.69) is 31.2 Å². The van der Waals surface area contributed by atoms with Crippen molar-refractivity contribution >= 4 is 11.7 Å². The predicted octanol–water partition coefficient (Wildman–Crippen LogP) is 2.27. The van der Waals surface area contributed by atoms with Crippen LogP contribution in [0, 0.1) is 11.3 Å². The van der Waals surface area contributed by atoms with Gasteiger partial charge in [0.15, 0.2) is 5.82 Å². The van der Waals surface area contributed by atoms with Crippen LogP contribution in [0.15, 0.2) is 18.3 Å². The Labute approximate surface area is 120 Å². The van der Waals surface area contributed by atoms with E-state index in [4.69, 9.17) is 5.84 Å². The number of nitrogens with zero attached hydrogens (tertiary/aromatic N) is 2. The second kappa shape index (κ2) is 5.79. The van der Waals surface area contributed by atoms with Gasteiger partial charge in [0.05, 0.1) is 5.56 Å². The zero-order valence-electron chi connectivity index (χ0n) is 12.5. The van der Waals surface area contributed by atoms with Crippen molar-refractivity contribution in [2.24, 2.45) is 17.2 Å². The van der Waals surface area contributed by atoms with Crippen LogP contribution in [0.4, 0.5) is 5.82 Å². The number of amides is 1. The number of rotatable bonds is 2. The molecule has 20 heavy (non-hydrogen) atoms. The third kappa shape index (κ3) is 3.10. The van der Waals surface area contributed by atoms with E-state index < -0.39 is 0 Å². The number of carbonyl (C=O) groups excluding carboxylic acids is 1. The molecule has 110 valence electrons. The molecule has 0 unspecified atom stereocenters. The van der Waals surface area contributed by atoms with Crippen molar-refractivity contribution in [1.82, 2.24) is 9.88 Å². The monoisotopic (exact) mass is 276 g/mol. The molecule has 1 amide bonds. The van der Waals surface area contributed by atoms with Crippen LogP contribution in [0.5, 0.6) is 0 Å². The molecule has 2 heterocycles. The third-order valence-corrected chi connectivity index (χ3v) is 4.18. The maximum atomic E-state index is 12.5. The number of carbonyl (C=O) groups is 1. The number of pyridine rings is 1. The Morgan fingerprint density at radius 2 is 2.05 bits per heavy atom. The van der Waals surface area contributed by atoms with Gasteiger partial charge in [0, 0.05) is 19.3 Å². The first-order chi connectivity index (χ1) is 9.43. The Hall–Kier alpha value is -1.62. The molecular weight excluding hydrogens is 252 g/mol. The number of nitrogens with two attached hydrogens (primary N) is 1. The molecule has 2 rings (SSSR count). The highest BCUT2D eigenvalue weighted by Gasteiger charge is 2.31. The van der Waals surface area contributed by atoms with E-state index in [1.54, 1.807) is 18.3 Å². The topological polar surface area (TPSA) is 71.2 Å². The number of anilines is 1. The van der Waals surface area contributed by atoms with Crippen LogP contribution in [0.2, 0.25) is 0 Å². The lowest BCUT2D eigenvalue weighted by Crippen LogP contribution is -2.41. The van der Waals surface area contributed by atoms with Gasteiger partial charge in [-0.1, -0.05) is 20.8 Å². The van der Waals surface area contributed by atoms with Gasteiger partial charge < -0.3 is 10.3 Å². The predicted molar refractivity (Wildman–Crippen MR) is 80.1 cm³/mol. The number of nitrogen functional groups attached to an aromatic ring is 1. The number of aromatic nitrogens is 1. The summed E-state index contributed by atoms with van der Waals surface area (Å²) in [6.07, 6.45) is 3.74. The Balaban J connectivity index is 2.05. The lowest BCUT2D eigenvalue weighted by Gasteiger charge is -2.38. The highest BCUT2D eigenvalue weighted by Crippen LogP contribution is 2.34. The summed E-state index contributed by atoms with van der Waals surface area (Å²) in [6, 6.07) is 3.52. The molecule has 3 N–H and O–H groups in total. The Morgan fingerprint density at radius 3 is 2.60 bits per heavy atom. The van der Waals surface area contributed by atoms with Crippen molar-refractivity contribution in [2.45, 2.75) is 33.6 Å². The minimum absolute atomic E-state index is 0.0124. The summed E-state index contributed by atoms with van der Waals surface area (Å²) in [5, 5.41) is 0. The molecule has 0 bridgehead atoms. The fraction of sp³-hybridized carbons (Fsp3) is 0.600. The summed E-state index contributed by atoms with van der Waals surface area (Å²) in [4.78, 5) is 18.5. The summed E-state index contributed by atoms with van der Waals surface area (Å²) >= 11 is 0. The van der Waals surface area contributed by atoms with Gasteiger partial charge in [0.25, 0.3) is 5.91 Å². The highest BCUT2D eigenvalue weighted by molar-refractivity contribution is 5.98. The minimum atomic E-state index is 0.0124. The van der Waals surface area contributed by atoms with Gasteiger partial charge in [-0.05, 0) is 36.3 Å². The lowest BCUT2D eigenvalue weighted by atomic mass is 9.75. The summed E-state index contributed by atoms with van der Waals surface area (Å²) in [6.45, 7) is 8.42. The first-order valence-electron chi connectivity index (χ1n) is 7.14. The highest BCUT2D eigenvalue weighted by atomic mass is 16.2. The van der Waals surface area contributed by atoms with Crippen LogP contribution in [0.25, 0.3) is 0 Å². The Morgan fingerprint density at radius 1 is 1.40 bits per heavy atom. The van der Waals surface area contributed by atoms with Gasteiger partial charge in [-0.3, -0.25) is 4.79 Å². The molecule has 5 heteroatoms. The van der Waals surface area contributed by atoms with Crippen molar-refractivity contribution in [3.63, 3.8) is 0 Å². The van der Waals surface area contributed by atoms with Crippen LogP contribution in [-0.2, 0) is 0 Å². The van der Waals surface area contributed by atoms with Crippen LogP contribution >= 0.6 is 0 Å². The number of nitrogens with one attached hydrogen (secondary N) is 1. The molecule has 0 aliphatic carbocycles. The largest absolute Gasteiger partial charge is 0.339 e. The summed E-state index contributed by atoms with van der Waals surface area (Å²) in [5.74, 6) is 6.54. The zero-order chi connectivity index (χ0) is 14.8. The van der Waals surface area contributed by atoms with Crippen molar-refractivity contribution in [1.29, 1.82) is 0 Å². The number of hydrazine groups is 1. The van der Waals surface area contributed by atoms with Crippen LogP contribution in [0.1, 0.15) is 44.0 Å². The zero-order valence-corrected chi connectivity index (χ0v) is 12.5. The van der Waals surface area contributed by atoms with Crippen molar-refractivity contribution in [3.05, 3.63) is 23.9 Å². The number of likely N-dealkylation sites (tertiary alicyclic amines) is 1. The smallest absolute Gasteiger partial charge is 0.257 e. The van der Waals surface area contributed by atoms with E-state index in [0.717, 1.165) is 25.9 Å². The first kappa shape index (κ1) is 14.8. The molecule has 0 atom stereocenters. The Bertz CT molecular complexity index is 473. The molecule has 1 aliphatic heterocycles. The fourth-order valence-electron chi connectivity index (χ4n) is 2.81. The molecule has 0 spiro atoms. The molecule has 1 saturated heterocycles. The molecule has 5 nitrogen and oxygen atoms in total. The standard InChI is InChI=1S/C15H24N4O/c1-15(2,3)11-6-9-19(10-7-11)14(20)12-5-4-8-17-13(12)18-16/h4-5,8,11H,6-7,9-10,16H2,1-3H3,(H,17,18). The second-order valence-corrected chi connectivity index (χ2v) is 6.48. The van der Waals surface area contributed by atoms with Crippen molar-refractivity contribution in [2.75, 3.05) is 18.5 Å². The van der Waals surface area contributed by atoms with E-state index in [-0.39, 0.29) is 5.91 Å². The quantitative estimate of drug-likeness (QED) is 0.642. The maximum absolute atomic E-state index is 12.5. The van der Waals surface area contributed by atoms with E-state index in [9.17, 15) is 4.79 Å². The van der Waals surface area contributed by atoms with Gasteiger partial charge in [-0.15, -0.1) is 0 Å². The third-order valence-electron chi connectivity index (χ3n) is 4.18. The molecular formula is C15H24N4O. The SMILES string of the molecule is CC(C)(C)C1CCN(C(=O)c2cccnc2NN)CC1. The normalized spacial score (nSPS) is 17.1. The van der Waals surface area contributed by atoms with E-state index in [1.807, 2.05) is 4.90 Å². The average molecular weight is 276 g/mol. The molecule has 0 radical (unpaired) electrons. The van der Waals surface area contributed by atoms with E-state index in [0.29, 0.717) is 22.7 Å². The molecule has 1 aromatic heterocycles. The molecule has 1 aliphatic rings. The van der Waals surface area contributed by atoms with Gasteiger partial charge >= 0.3 is 0 Å². The summed E-state index contributed by atoms with van der Waals surface area (Å²) in [7, 11) is 0. The summed E-state index contributed by atoms with van der Waals surface area (Å²) < 4.78 is 0. The minimum Gasteiger partial charge on any atom is -0.339 e. The number of hydrogen-bond acceptors (Lipinski definition) is 4. The first-order valence-corrected chi connectivity index (χ1v) is 7.14. The van der Waals surface area contributed by atoms with Gasteiger partial charge in [0.2, 0.25) is 0 Å². The van der Waals surface area contributed by atoms with Crippen LogP contribution in [-0.4, -0.2) is 28.9 Å². The molecule has 1 fully saturated rings. The second-order valence-electron chi connectivity index (χ2n) is 6.48. The lowest BCUT2D eigenvalue weighted by molar-refractivity contribution is 0.0609. The molecule has 0 saturated carbocycles. The molecule has 1 aromatic rings. The van der Waals surface area contributed by atoms with Crippen LogP contribution < -0.4 is 11.3 Å². The van der Waals surface area contributed by atoms with Crippen molar-refractivity contribution in [3.8, 4) is 0 Å². The van der Waals surface area contributed by atoms with Crippen molar-refractivity contribution < 1.29 is 4.79 Å². The average Bonchev–Trinajstić information content (AvgIpc) is 2.45. The van der Waals surface area contributed by atoms with E-state index >= 15 is 0 Å². The van der Waals surface area contributed by atoms with Gasteiger partial charge in [-0.2, -0.15) is 0 Å². The summed E-state index contributed by atoms with van der Waals surface area (Å²) in [5.41, 5.74) is 3.35. The van der Waals surface area contributed by atoms with Crippen LogP contribution in [0.3, 0.4) is 0 Å². The fourth-order valence-corrected chi connectivity index (χ4v) is 2.81. The molecule has 0 aromatic carbocycles. The van der Waals surface area contributed by atoms with Gasteiger partial charge in [0.1, 0.15) is 0 Å². The number of hydrogen-bond donors (Lipinski definition) is 2. The maximum Gasteiger partial charge on any atom is 0.257 e. The Kier molecular flexibility index (Phi) is 4.28. The number of piperidine rings is 1. The van der Waals surface area contributed by atoms with Gasteiger partial charge in [-0.25, -0.2) is 10.8 Å².